The number of para-hydroxylation sites is 2. The van der Waals surface area contributed by atoms with Crippen molar-refractivity contribution in [2.24, 2.45) is 0 Å². The average molecular weight is 655 g/mol. The molecule has 10 heteroatoms. The highest BCUT2D eigenvalue weighted by atomic mass is 32.2. The van der Waals surface area contributed by atoms with E-state index in [1.54, 1.807) is 78.9 Å². The molecule has 1 aliphatic rings. The molecule has 1 aromatic heterocycles. The first-order chi connectivity index (χ1) is 23.3. The zero-order valence-corrected chi connectivity index (χ0v) is 26.3. The normalized spacial score (nSPS) is 15.3. The number of phenols is 1. The molecule has 0 radical (unpaired) electrons. The lowest BCUT2D eigenvalue weighted by atomic mass is 10.1. The topological polar surface area (TPSA) is 105 Å². The van der Waals surface area contributed by atoms with E-state index in [1.807, 2.05) is 37.3 Å². The molecular formula is C38H27FN4O4S. The fraction of sp³-hybridized carbons (Fsp3) is 0.0526. The zero-order valence-electron chi connectivity index (χ0n) is 25.5. The van der Waals surface area contributed by atoms with Gasteiger partial charge in [-0.1, -0.05) is 84.1 Å². The second-order valence-corrected chi connectivity index (χ2v) is 12.3. The molecule has 1 saturated heterocycles. The van der Waals surface area contributed by atoms with E-state index in [1.165, 1.54) is 39.5 Å². The molecule has 7 rings (SSSR count). The maximum absolute atomic E-state index is 13.8. The Morgan fingerprint density at radius 3 is 2.29 bits per heavy atom. The number of carbonyl (C=O) groups excluding carboxylic acids is 2. The van der Waals surface area contributed by atoms with Gasteiger partial charge >= 0.3 is 0 Å². The minimum absolute atomic E-state index is 0.00515. The van der Waals surface area contributed by atoms with Gasteiger partial charge in [0, 0.05) is 16.7 Å². The molecule has 2 heterocycles. The van der Waals surface area contributed by atoms with Crippen molar-refractivity contribution in [3.63, 3.8) is 0 Å². The molecule has 1 atom stereocenters. The van der Waals surface area contributed by atoms with Crippen LogP contribution in [0.4, 0.5) is 4.39 Å². The van der Waals surface area contributed by atoms with Gasteiger partial charge in [0.2, 0.25) is 0 Å². The van der Waals surface area contributed by atoms with Gasteiger partial charge in [-0.15, -0.1) is 0 Å². The summed E-state index contributed by atoms with van der Waals surface area (Å²) < 4.78 is 15.3. The summed E-state index contributed by atoms with van der Waals surface area (Å²) in [5.41, 5.74) is 6.66. The fourth-order valence-electron chi connectivity index (χ4n) is 5.45. The van der Waals surface area contributed by atoms with Crippen molar-refractivity contribution in [1.82, 2.24) is 20.0 Å². The van der Waals surface area contributed by atoms with Gasteiger partial charge in [-0.05, 0) is 73.2 Å². The Labute approximate surface area is 278 Å². The number of amides is 2. The number of nitrogens with one attached hydrogen (secondary N) is 1. The predicted octanol–water partition coefficient (Wildman–Crippen LogP) is 7.17. The number of aromatic hydroxyl groups is 1. The van der Waals surface area contributed by atoms with Crippen molar-refractivity contribution in [2.75, 3.05) is 0 Å². The van der Waals surface area contributed by atoms with E-state index in [-0.39, 0.29) is 21.8 Å². The Morgan fingerprint density at radius 2 is 1.56 bits per heavy atom. The Balaban J connectivity index is 1.22. The Kier molecular flexibility index (Phi) is 8.08. The first kappa shape index (κ1) is 30.6. The first-order valence-electron chi connectivity index (χ1n) is 15.0. The van der Waals surface area contributed by atoms with E-state index in [2.05, 4.69) is 5.43 Å². The van der Waals surface area contributed by atoms with Gasteiger partial charge in [0.05, 0.1) is 21.5 Å². The second kappa shape index (κ2) is 12.7. The van der Waals surface area contributed by atoms with E-state index < -0.39 is 23.0 Å². The lowest BCUT2D eigenvalue weighted by molar-refractivity contribution is -0.128. The van der Waals surface area contributed by atoms with Crippen LogP contribution in [0.25, 0.3) is 34.1 Å². The number of phenolic OH excluding ortho intramolecular Hbond substituents is 1. The number of benzene rings is 5. The molecule has 236 valence electrons. The van der Waals surface area contributed by atoms with Gasteiger partial charge in [0.1, 0.15) is 22.8 Å². The molecule has 0 saturated carbocycles. The monoisotopic (exact) mass is 654 g/mol. The molecule has 0 aliphatic carbocycles. The highest BCUT2D eigenvalue weighted by Crippen LogP contribution is 2.45. The predicted molar refractivity (Wildman–Crippen MR) is 185 cm³/mol. The second-order valence-electron chi connectivity index (χ2n) is 11.2. The summed E-state index contributed by atoms with van der Waals surface area (Å²) in [6.07, 6.45) is 1.56. The van der Waals surface area contributed by atoms with Crippen LogP contribution in [0, 0.1) is 12.7 Å². The van der Waals surface area contributed by atoms with Crippen molar-refractivity contribution in [3.8, 4) is 22.8 Å². The zero-order chi connectivity index (χ0) is 33.4. The number of carbonyl (C=O) groups is 2. The smallest absolute Gasteiger partial charge is 0.280 e. The summed E-state index contributed by atoms with van der Waals surface area (Å²) in [6, 6.07) is 33.6. The van der Waals surface area contributed by atoms with Crippen molar-refractivity contribution < 1.29 is 19.1 Å². The van der Waals surface area contributed by atoms with Gasteiger partial charge in [0.25, 0.3) is 17.4 Å². The minimum atomic E-state index is -0.697. The van der Waals surface area contributed by atoms with Crippen LogP contribution in [0.2, 0.25) is 0 Å². The number of fused-ring (bicyclic) bond motifs is 1. The van der Waals surface area contributed by atoms with Gasteiger partial charge in [-0.25, -0.2) is 14.4 Å². The molecule has 2 amide bonds. The summed E-state index contributed by atoms with van der Waals surface area (Å²) >= 11 is 1.17. The van der Waals surface area contributed by atoms with E-state index in [4.69, 9.17) is 4.98 Å². The lowest BCUT2D eigenvalue weighted by Gasteiger charge is -2.24. The molecule has 6 aromatic rings. The number of nitrogens with zero attached hydrogens (tertiary/aromatic N) is 3. The highest BCUT2D eigenvalue weighted by Gasteiger charge is 2.39. The number of hydrazine groups is 1. The Hall–Kier alpha value is -6.00. The first-order valence-corrected chi connectivity index (χ1v) is 15.9. The minimum Gasteiger partial charge on any atom is -0.507 e. The number of thioether (sulfide) groups is 1. The fourth-order valence-corrected chi connectivity index (χ4v) is 6.64. The van der Waals surface area contributed by atoms with Crippen LogP contribution in [0.1, 0.15) is 32.4 Å². The van der Waals surface area contributed by atoms with Crippen molar-refractivity contribution in [1.29, 1.82) is 0 Å². The molecule has 2 N–H and O–H groups in total. The SMILES string of the molecule is Cc1ccc(-c2nc3ccccc3c(=O)n2-c2ccc(C(=O)NN3C(=O)/C(=C\c4ccccc4O)SC3c3ccc(F)cc3)cc2)cc1. The summed E-state index contributed by atoms with van der Waals surface area (Å²) in [5.74, 6) is -1.01. The van der Waals surface area contributed by atoms with Crippen molar-refractivity contribution >= 4 is 40.6 Å². The van der Waals surface area contributed by atoms with Crippen LogP contribution in [-0.4, -0.2) is 31.5 Å². The number of aromatic nitrogens is 2. The number of rotatable bonds is 6. The van der Waals surface area contributed by atoms with Crippen LogP contribution < -0.4 is 11.0 Å². The Morgan fingerprint density at radius 1 is 0.875 bits per heavy atom. The van der Waals surface area contributed by atoms with Crippen LogP contribution in [0.15, 0.2) is 131 Å². The molecule has 0 bridgehead atoms. The third-order valence-corrected chi connectivity index (χ3v) is 9.23. The maximum atomic E-state index is 13.8. The molecule has 1 aliphatic heterocycles. The molecule has 0 spiro atoms. The van der Waals surface area contributed by atoms with Gasteiger partial charge in [-0.3, -0.25) is 24.4 Å². The van der Waals surface area contributed by atoms with Crippen molar-refractivity contribution in [2.45, 2.75) is 12.3 Å². The van der Waals surface area contributed by atoms with Gasteiger partial charge < -0.3 is 5.11 Å². The largest absolute Gasteiger partial charge is 0.507 e. The standard InChI is InChI=1S/C38H27FN4O4S/c1-23-10-12-24(13-11-23)34-40-31-8-4-3-7-30(31)36(46)42(34)29-20-16-25(17-21-29)35(45)41-43-37(47)33(22-27-6-2-5-9-32(27)44)48-38(43)26-14-18-28(39)19-15-26/h2-22,38,44H,1H3,(H,41,45)/b33-22+. The van der Waals surface area contributed by atoms with E-state index in [0.717, 1.165) is 11.1 Å². The number of hydrogen-bond acceptors (Lipinski definition) is 6. The van der Waals surface area contributed by atoms with Crippen LogP contribution >= 0.6 is 11.8 Å². The highest BCUT2D eigenvalue weighted by molar-refractivity contribution is 8.04. The summed E-state index contributed by atoms with van der Waals surface area (Å²) in [7, 11) is 0. The number of halogens is 1. The third kappa shape index (κ3) is 5.85. The molecule has 1 unspecified atom stereocenters. The summed E-state index contributed by atoms with van der Waals surface area (Å²) in [4.78, 5) is 46.1. The van der Waals surface area contributed by atoms with Crippen LogP contribution in [0.3, 0.4) is 0 Å². The Bertz CT molecular complexity index is 2290. The quantitative estimate of drug-likeness (QED) is 0.185. The van der Waals surface area contributed by atoms with E-state index in [9.17, 15) is 23.9 Å². The molecule has 1 fully saturated rings. The lowest BCUT2D eigenvalue weighted by Crippen LogP contribution is -2.44. The number of hydrogen-bond donors (Lipinski definition) is 2. The molecule has 48 heavy (non-hydrogen) atoms. The summed E-state index contributed by atoms with van der Waals surface area (Å²) in [6.45, 7) is 1.98. The average Bonchev–Trinajstić information content (AvgIpc) is 3.40. The van der Waals surface area contributed by atoms with E-state index in [0.29, 0.717) is 33.5 Å². The maximum Gasteiger partial charge on any atom is 0.280 e. The van der Waals surface area contributed by atoms with Crippen LogP contribution in [-0.2, 0) is 4.79 Å². The van der Waals surface area contributed by atoms with E-state index >= 15 is 0 Å². The van der Waals surface area contributed by atoms with Gasteiger partial charge in [-0.2, -0.15) is 0 Å². The molecule has 5 aromatic carbocycles. The number of aryl methyl sites for hydroxylation is 1. The molecule has 8 nitrogen and oxygen atoms in total. The third-order valence-electron chi connectivity index (χ3n) is 7.98. The van der Waals surface area contributed by atoms with Crippen LogP contribution in [0.5, 0.6) is 5.75 Å². The van der Waals surface area contributed by atoms with Gasteiger partial charge in [0.15, 0.2) is 0 Å². The van der Waals surface area contributed by atoms with Crippen molar-refractivity contribution in [3.05, 3.63) is 165 Å². The summed E-state index contributed by atoms with van der Waals surface area (Å²) in [5, 5.41) is 11.2. The molecular weight excluding hydrogens is 628 g/mol.